The number of carbonyl (C=O) groups excluding carboxylic acids is 2. The van der Waals surface area contributed by atoms with Gasteiger partial charge in [-0.25, -0.2) is 4.90 Å². The molecule has 0 fully saturated rings. The van der Waals surface area contributed by atoms with Crippen LogP contribution in [0.3, 0.4) is 0 Å². The van der Waals surface area contributed by atoms with E-state index < -0.39 is 0 Å². The van der Waals surface area contributed by atoms with E-state index in [1.54, 1.807) is 0 Å². The average molecular weight is 396 g/mol. The van der Waals surface area contributed by atoms with Crippen LogP contribution in [0.5, 0.6) is 0 Å². The number of amides is 2. The molecule has 0 spiro atoms. The standard InChI is InChI=1S/C26H24N2O2/c1-16-10-11-19(4)22(15-16)27-24-23(20-8-6-5-7-9-20)25(29)28(26(24)30)21-13-17(2)12-18(3)14-21/h5-15,27H,1-4H3. The number of nitrogens with zero attached hydrogens (tertiary/aromatic N) is 1. The first-order valence-electron chi connectivity index (χ1n) is 9.96. The predicted octanol–water partition coefficient (Wildman–Crippen LogP) is 5.32. The van der Waals surface area contributed by atoms with E-state index in [4.69, 9.17) is 0 Å². The van der Waals surface area contributed by atoms with Crippen molar-refractivity contribution in [2.24, 2.45) is 0 Å². The molecular formula is C26H24N2O2. The maximum absolute atomic E-state index is 13.5. The Morgan fingerprint density at radius 3 is 2.03 bits per heavy atom. The molecule has 0 bridgehead atoms. The summed E-state index contributed by atoms with van der Waals surface area (Å²) in [5.74, 6) is -0.659. The van der Waals surface area contributed by atoms with E-state index in [2.05, 4.69) is 5.32 Å². The van der Waals surface area contributed by atoms with Gasteiger partial charge in [0.2, 0.25) is 0 Å². The molecule has 4 heteroatoms. The Bertz CT molecular complexity index is 1170. The van der Waals surface area contributed by atoms with Crippen LogP contribution in [0.25, 0.3) is 5.57 Å². The molecule has 1 heterocycles. The Balaban J connectivity index is 1.86. The normalized spacial score (nSPS) is 13.9. The van der Waals surface area contributed by atoms with Gasteiger partial charge in [-0.3, -0.25) is 9.59 Å². The Kier molecular flexibility index (Phi) is 5.00. The van der Waals surface area contributed by atoms with Gasteiger partial charge >= 0.3 is 0 Å². The van der Waals surface area contributed by atoms with Crippen LogP contribution in [-0.4, -0.2) is 11.8 Å². The van der Waals surface area contributed by atoms with Crippen molar-refractivity contribution in [3.63, 3.8) is 0 Å². The molecule has 1 N–H and O–H groups in total. The minimum Gasteiger partial charge on any atom is -0.350 e. The maximum atomic E-state index is 13.5. The summed E-state index contributed by atoms with van der Waals surface area (Å²) in [4.78, 5) is 28.3. The van der Waals surface area contributed by atoms with Gasteiger partial charge in [-0.05, 0) is 73.7 Å². The first-order valence-corrected chi connectivity index (χ1v) is 9.96. The third kappa shape index (κ3) is 3.52. The first kappa shape index (κ1) is 19.6. The van der Waals surface area contributed by atoms with Crippen LogP contribution >= 0.6 is 0 Å². The fourth-order valence-electron chi connectivity index (χ4n) is 3.84. The van der Waals surface area contributed by atoms with Gasteiger partial charge in [0.1, 0.15) is 5.70 Å². The van der Waals surface area contributed by atoms with Crippen molar-refractivity contribution in [3.8, 4) is 0 Å². The zero-order valence-electron chi connectivity index (χ0n) is 17.6. The highest BCUT2D eigenvalue weighted by atomic mass is 16.2. The summed E-state index contributed by atoms with van der Waals surface area (Å²) in [6.45, 7) is 7.90. The topological polar surface area (TPSA) is 49.4 Å². The third-order valence-corrected chi connectivity index (χ3v) is 5.26. The van der Waals surface area contributed by atoms with Crippen molar-refractivity contribution in [1.29, 1.82) is 0 Å². The van der Waals surface area contributed by atoms with Crippen LogP contribution in [0.15, 0.2) is 72.4 Å². The number of anilines is 2. The lowest BCUT2D eigenvalue weighted by Crippen LogP contribution is -2.32. The van der Waals surface area contributed by atoms with Gasteiger partial charge in [-0.2, -0.15) is 0 Å². The molecule has 4 nitrogen and oxygen atoms in total. The van der Waals surface area contributed by atoms with Crippen molar-refractivity contribution < 1.29 is 9.59 Å². The van der Waals surface area contributed by atoms with E-state index in [1.165, 1.54) is 4.90 Å². The van der Waals surface area contributed by atoms with E-state index in [0.29, 0.717) is 17.0 Å². The molecule has 0 saturated heterocycles. The van der Waals surface area contributed by atoms with E-state index in [-0.39, 0.29) is 11.8 Å². The molecule has 1 aliphatic heterocycles. The van der Waals surface area contributed by atoms with Crippen LogP contribution in [0.2, 0.25) is 0 Å². The minimum absolute atomic E-state index is 0.305. The van der Waals surface area contributed by atoms with E-state index in [1.807, 2.05) is 94.4 Å². The van der Waals surface area contributed by atoms with Crippen LogP contribution < -0.4 is 10.2 Å². The second kappa shape index (κ2) is 7.64. The number of hydrogen-bond acceptors (Lipinski definition) is 3. The van der Waals surface area contributed by atoms with Gasteiger partial charge < -0.3 is 5.32 Å². The van der Waals surface area contributed by atoms with Gasteiger partial charge in [0.05, 0.1) is 11.3 Å². The van der Waals surface area contributed by atoms with Gasteiger partial charge in [-0.1, -0.05) is 48.5 Å². The largest absolute Gasteiger partial charge is 0.350 e. The maximum Gasteiger partial charge on any atom is 0.282 e. The molecule has 0 radical (unpaired) electrons. The summed E-state index contributed by atoms with van der Waals surface area (Å²) in [6, 6.07) is 21.1. The number of rotatable bonds is 4. The van der Waals surface area contributed by atoms with E-state index >= 15 is 0 Å². The van der Waals surface area contributed by atoms with Crippen LogP contribution in [0, 0.1) is 27.7 Å². The van der Waals surface area contributed by atoms with E-state index in [9.17, 15) is 9.59 Å². The number of hydrogen-bond donors (Lipinski definition) is 1. The van der Waals surface area contributed by atoms with Crippen LogP contribution in [0.1, 0.15) is 27.8 Å². The molecule has 0 unspecified atom stereocenters. The molecule has 0 saturated carbocycles. The molecule has 3 aromatic carbocycles. The number of aryl methyl sites for hydroxylation is 4. The fraction of sp³-hybridized carbons (Fsp3) is 0.154. The molecule has 0 aromatic heterocycles. The summed E-state index contributed by atoms with van der Waals surface area (Å²) in [6.07, 6.45) is 0. The molecule has 150 valence electrons. The zero-order valence-corrected chi connectivity index (χ0v) is 17.6. The van der Waals surface area contributed by atoms with Gasteiger partial charge in [0.15, 0.2) is 0 Å². The molecule has 0 aliphatic carbocycles. The SMILES string of the molecule is Cc1cc(C)cc(N2C(=O)C(Nc3cc(C)ccc3C)=C(c3ccccc3)C2=O)c1. The van der Waals surface area contributed by atoms with Gasteiger partial charge in [-0.15, -0.1) is 0 Å². The molecule has 1 aliphatic rings. The van der Waals surface area contributed by atoms with Crippen molar-refractivity contribution >= 4 is 28.8 Å². The van der Waals surface area contributed by atoms with Crippen molar-refractivity contribution in [3.05, 3.63) is 100 Å². The highest BCUT2D eigenvalue weighted by molar-refractivity contribution is 6.46. The zero-order chi connectivity index (χ0) is 21.4. The Morgan fingerprint density at radius 1 is 0.700 bits per heavy atom. The Hall–Kier alpha value is -3.66. The van der Waals surface area contributed by atoms with Gasteiger partial charge in [0, 0.05) is 5.69 Å². The molecule has 30 heavy (non-hydrogen) atoms. The second-order valence-electron chi connectivity index (χ2n) is 7.85. The summed E-state index contributed by atoms with van der Waals surface area (Å²) < 4.78 is 0. The summed E-state index contributed by atoms with van der Waals surface area (Å²) in [7, 11) is 0. The lowest BCUT2D eigenvalue weighted by Gasteiger charge is -2.17. The molecule has 2 amide bonds. The highest BCUT2D eigenvalue weighted by Gasteiger charge is 2.40. The Labute approximate surface area is 176 Å². The molecular weight excluding hydrogens is 372 g/mol. The number of carbonyl (C=O) groups is 2. The molecule has 0 atom stereocenters. The van der Waals surface area contributed by atoms with Crippen molar-refractivity contribution in [1.82, 2.24) is 0 Å². The monoisotopic (exact) mass is 396 g/mol. The highest BCUT2D eigenvalue weighted by Crippen LogP contribution is 2.35. The molecule has 3 aromatic rings. The molecule has 4 rings (SSSR count). The van der Waals surface area contributed by atoms with Crippen molar-refractivity contribution in [2.75, 3.05) is 10.2 Å². The summed E-state index contributed by atoms with van der Waals surface area (Å²) >= 11 is 0. The minimum atomic E-state index is -0.343. The fourth-order valence-corrected chi connectivity index (χ4v) is 3.84. The lowest BCUT2D eigenvalue weighted by molar-refractivity contribution is -0.120. The van der Waals surface area contributed by atoms with E-state index in [0.717, 1.165) is 33.5 Å². The third-order valence-electron chi connectivity index (χ3n) is 5.26. The number of imide groups is 1. The lowest BCUT2D eigenvalue weighted by atomic mass is 10.0. The summed E-state index contributed by atoms with van der Waals surface area (Å²) in [5, 5.41) is 3.28. The van der Waals surface area contributed by atoms with Crippen LogP contribution in [0.4, 0.5) is 11.4 Å². The second-order valence-corrected chi connectivity index (χ2v) is 7.85. The smallest absolute Gasteiger partial charge is 0.282 e. The van der Waals surface area contributed by atoms with Crippen molar-refractivity contribution in [2.45, 2.75) is 27.7 Å². The quantitative estimate of drug-likeness (QED) is 0.608. The first-order chi connectivity index (χ1) is 14.3. The average Bonchev–Trinajstić information content (AvgIpc) is 2.94. The Morgan fingerprint density at radius 2 is 1.37 bits per heavy atom. The van der Waals surface area contributed by atoms with Gasteiger partial charge in [0.25, 0.3) is 11.8 Å². The number of nitrogens with one attached hydrogen (secondary N) is 1. The van der Waals surface area contributed by atoms with Crippen LogP contribution in [-0.2, 0) is 9.59 Å². The predicted molar refractivity (Wildman–Crippen MR) is 121 cm³/mol. The summed E-state index contributed by atoms with van der Waals surface area (Å²) in [5.41, 5.74) is 6.91. The number of benzene rings is 3.